The van der Waals surface area contributed by atoms with Crippen molar-refractivity contribution in [2.75, 3.05) is 5.32 Å². The van der Waals surface area contributed by atoms with Crippen LogP contribution >= 0.6 is 11.3 Å². The SMILES string of the molecule is Cc1ccc(NC(=O)c2nc3ccccc3s2)nc1. The van der Waals surface area contributed by atoms with Gasteiger partial charge in [-0.2, -0.15) is 0 Å². The van der Waals surface area contributed by atoms with E-state index in [0.29, 0.717) is 10.8 Å². The molecule has 2 heterocycles. The van der Waals surface area contributed by atoms with Gasteiger partial charge in [0.2, 0.25) is 0 Å². The lowest BCUT2D eigenvalue weighted by atomic mass is 10.3. The van der Waals surface area contributed by atoms with Crippen LogP contribution in [0.5, 0.6) is 0 Å². The van der Waals surface area contributed by atoms with Gasteiger partial charge in [-0.25, -0.2) is 9.97 Å². The van der Waals surface area contributed by atoms with Gasteiger partial charge in [0.25, 0.3) is 5.91 Å². The molecule has 0 saturated heterocycles. The molecule has 0 aliphatic carbocycles. The molecule has 1 amide bonds. The predicted octanol–water partition coefficient (Wildman–Crippen LogP) is 3.25. The van der Waals surface area contributed by atoms with Crippen molar-refractivity contribution in [2.24, 2.45) is 0 Å². The molecule has 0 aliphatic rings. The maximum absolute atomic E-state index is 12.1. The van der Waals surface area contributed by atoms with Crippen molar-refractivity contribution in [2.45, 2.75) is 6.92 Å². The number of nitrogens with zero attached hydrogens (tertiary/aromatic N) is 2. The van der Waals surface area contributed by atoms with E-state index in [1.54, 1.807) is 12.3 Å². The first-order chi connectivity index (χ1) is 9.22. The Bertz CT molecular complexity index is 701. The fourth-order valence-corrected chi connectivity index (χ4v) is 2.54. The normalized spacial score (nSPS) is 10.6. The summed E-state index contributed by atoms with van der Waals surface area (Å²) in [5.41, 5.74) is 1.90. The van der Waals surface area contributed by atoms with Crippen LogP contribution in [0.2, 0.25) is 0 Å². The molecule has 3 aromatic rings. The molecule has 1 aromatic carbocycles. The molecule has 0 spiro atoms. The fraction of sp³-hybridized carbons (Fsp3) is 0.0714. The minimum absolute atomic E-state index is 0.224. The van der Waals surface area contributed by atoms with Crippen molar-refractivity contribution in [3.05, 3.63) is 53.2 Å². The van der Waals surface area contributed by atoms with Gasteiger partial charge >= 0.3 is 0 Å². The number of carbonyl (C=O) groups is 1. The molecular weight excluding hydrogens is 258 g/mol. The van der Waals surface area contributed by atoms with Crippen molar-refractivity contribution in [1.82, 2.24) is 9.97 Å². The molecule has 0 atom stereocenters. The minimum atomic E-state index is -0.224. The highest BCUT2D eigenvalue weighted by Crippen LogP contribution is 2.22. The van der Waals surface area contributed by atoms with E-state index >= 15 is 0 Å². The number of aryl methyl sites for hydroxylation is 1. The maximum Gasteiger partial charge on any atom is 0.285 e. The summed E-state index contributed by atoms with van der Waals surface area (Å²) in [6.45, 7) is 1.95. The molecule has 4 nitrogen and oxygen atoms in total. The predicted molar refractivity (Wildman–Crippen MR) is 76.5 cm³/mol. The van der Waals surface area contributed by atoms with Crippen LogP contribution in [0.15, 0.2) is 42.6 Å². The van der Waals surface area contributed by atoms with Crippen molar-refractivity contribution in [1.29, 1.82) is 0 Å². The number of benzene rings is 1. The lowest BCUT2D eigenvalue weighted by molar-refractivity contribution is 0.102. The summed E-state index contributed by atoms with van der Waals surface area (Å²) in [5, 5.41) is 3.19. The van der Waals surface area contributed by atoms with Gasteiger partial charge in [0, 0.05) is 6.20 Å². The quantitative estimate of drug-likeness (QED) is 0.777. The maximum atomic E-state index is 12.1. The molecule has 94 valence electrons. The zero-order valence-corrected chi connectivity index (χ0v) is 11.1. The van der Waals surface area contributed by atoms with Crippen LogP contribution in [0.4, 0.5) is 5.82 Å². The average molecular weight is 269 g/mol. The Morgan fingerprint density at radius 3 is 2.79 bits per heavy atom. The Morgan fingerprint density at radius 2 is 2.05 bits per heavy atom. The number of fused-ring (bicyclic) bond motifs is 1. The molecule has 1 N–H and O–H groups in total. The summed E-state index contributed by atoms with van der Waals surface area (Å²) in [6, 6.07) is 11.4. The highest BCUT2D eigenvalue weighted by molar-refractivity contribution is 7.20. The van der Waals surface area contributed by atoms with Gasteiger partial charge in [0.1, 0.15) is 5.82 Å². The van der Waals surface area contributed by atoms with Crippen LogP contribution in [0.1, 0.15) is 15.4 Å². The number of anilines is 1. The molecule has 0 unspecified atom stereocenters. The van der Waals surface area contributed by atoms with Gasteiger partial charge in [-0.05, 0) is 30.7 Å². The number of aromatic nitrogens is 2. The van der Waals surface area contributed by atoms with Gasteiger partial charge < -0.3 is 5.32 Å². The molecule has 0 bridgehead atoms. The molecule has 0 saturated carbocycles. The highest BCUT2D eigenvalue weighted by atomic mass is 32.1. The third kappa shape index (κ3) is 2.46. The molecule has 2 aromatic heterocycles. The lowest BCUT2D eigenvalue weighted by Crippen LogP contribution is -2.12. The van der Waals surface area contributed by atoms with Crippen molar-refractivity contribution < 1.29 is 4.79 Å². The highest BCUT2D eigenvalue weighted by Gasteiger charge is 2.12. The zero-order chi connectivity index (χ0) is 13.2. The summed E-state index contributed by atoms with van der Waals surface area (Å²) in [7, 11) is 0. The molecular formula is C14H11N3OS. The summed E-state index contributed by atoms with van der Waals surface area (Å²) < 4.78 is 1.00. The van der Waals surface area contributed by atoms with Crippen LogP contribution in [-0.4, -0.2) is 15.9 Å². The zero-order valence-electron chi connectivity index (χ0n) is 10.3. The second-order valence-electron chi connectivity index (χ2n) is 4.16. The standard InChI is InChI=1S/C14H11N3OS/c1-9-6-7-12(15-8-9)17-13(18)14-16-10-4-2-3-5-11(10)19-14/h2-8H,1H3,(H,15,17,18). The van der Waals surface area contributed by atoms with Gasteiger partial charge in [-0.15, -0.1) is 11.3 Å². The largest absolute Gasteiger partial charge is 0.304 e. The molecule has 5 heteroatoms. The van der Waals surface area contributed by atoms with Crippen LogP contribution in [-0.2, 0) is 0 Å². The summed E-state index contributed by atoms with van der Waals surface area (Å²) in [5.74, 6) is 0.312. The Labute approximate surface area is 114 Å². The molecule has 0 aliphatic heterocycles. The summed E-state index contributed by atoms with van der Waals surface area (Å²) in [6.07, 6.45) is 1.72. The van der Waals surface area contributed by atoms with Gasteiger partial charge in [-0.3, -0.25) is 4.79 Å². The number of rotatable bonds is 2. The van der Waals surface area contributed by atoms with Gasteiger partial charge in [0.15, 0.2) is 5.01 Å². The number of pyridine rings is 1. The Balaban J connectivity index is 1.85. The van der Waals surface area contributed by atoms with E-state index in [9.17, 15) is 4.79 Å². The summed E-state index contributed by atoms with van der Waals surface area (Å²) >= 11 is 1.38. The molecule has 0 radical (unpaired) electrons. The van der Waals surface area contributed by atoms with E-state index in [1.165, 1.54) is 11.3 Å². The van der Waals surface area contributed by atoms with Crippen molar-refractivity contribution in [3.63, 3.8) is 0 Å². The van der Waals surface area contributed by atoms with Crippen molar-refractivity contribution in [3.8, 4) is 0 Å². The number of hydrogen-bond acceptors (Lipinski definition) is 4. The van der Waals surface area contributed by atoms with E-state index < -0.39 is 0 Å². The first-order valence-electron chi connectivity index (χ1n) is 5.82. The van der Waals surface area contributed by atoms with Gasteiger partial charge in [-0.1, -0.05) is 18.2 Å². The van der Waals surface area contributed by atoms with E-state index in [0.717, 1.165) is 15.8 Å². The van der Waals surface area contributed by atoms with Crippen LogP contribution < -0.4 is 5.32 Å². The third-order valence-corrected chi connectivity index (χ3v) is 3.68. The fourth-order valence-electron chi connectivity index (χ4n) is 1.68. The monoisotopic (exact) mass is 269 g/mol. The van der Waals surface area contributed by atoms with Crippen LogP contribution in [0.3, 0.4) is 0 Å². The first-order valence-corrected chi connectivity index (χ1v) is 6.63. The van der Waals surface area contributed by atoms with Crippen LogP contribution in [0.25, 0.3) is 10.2 Å². The number of thiazole rings is 1. The number of hydrogen-bond donors (Lipinski definition) is 1. The van der Waals surface area contributed by atoms with Crippen LogP contribution in [0, 0.1) is 6.92 Å². The smallest absolute Gasteiger partial charge is 0.285 e. The number of carbonyl (C=O) groups excluding carboxylic acids is 1. The lowest BCUT2D eigenvalue weighted by Gasteiger charge is -2.01. The second-order valence-corrected chi connectivity index (χ2v) is 5.19. The molecule has 0 fully saturated rings. The number of para-hydroxylation sites is 1. The third-order valence-electron chi connectivity index (χ3n) is 2.64. The molecule has 3 rings (SSSR count). The second kappa shape index (κ2) is 4.78. The Hall–Kier alpha value is -2.27. The van der Waals surface area contributed by atoms with Gasteiger partial charge in [0.05, 0.1) is 10.2 Å². The van der Waals surface area contributed by atoms with E-state index in [1.807, 2.05) is 37.3 Å². The topological polar surface area (TPSA) is 54.9 Å². The molecule has 19 heavy (non-hydrogen) atoms. The van der Waals surface area contributed by atoms with E-state index in [2.05, 4.69) is 15.3 Å². The van der Waals surface area contributed by atoms with E-state index in [-0.39, 0.29) is 5.91 Å². The first kappa shape index (κ1) is 11.8. The number of amides is 1. The average Bonchev–Trinajstić information content (AvgIpc) is 2.85. The summed E-state index contributed by atoms with van der Waals surface area (Å²) in [4.78, 5) is 20.5. The Morgan fingerprint density at radius 1 is 1.21 bits per heavy atom. The number of nitrogens with one attached hydrogen (secondary N) is 1. The van der Waals surface area contributed by atoms with Crippen molar-refractivity contribution >= 4 is 33.3 Å². The van der Waals surface area contributed by atoms with E-state index in [4.69, 9.17) is 0 Å². The Kier molecular flexibility index (Phi) is 2.97. The minimum Gasteiger partial charge on any atom is -0.304 e.